The van der Waals surface area contributed by atoms with Gasteiger partial charge >= 0.3 is 0 Å². The maximum absolute atomic E-state index is 14.2. The summed E-state index contributed by atoms with van der Waals surface area (Å²) in [4.78, 5) is 8.50. The van der Waals surface area contributed by atoms with E-state index < -0.39 is 0 Å². The smallest absolute Gasteiger partial charge is 0.148 e. The van der Waals surface area contributed by atoms with Crippen LogP contribution >= 0.6 is 11.6 Å². The molecule has 7 heteroatoms. The van der Waals surface area contributed by atoms with Crippen LogP contribution in [0.1, 0.15) is 25.0 Å². The number of anilines is 1. The molecule has 0 aliphatic heterocycles. The Morgan fingerprint density at radius 3 is 2.50 bits per heavy atom. The first kappa shape index (κ1) is 16.8. The standard InChI is InChI=1S/C19H17ClFN5/c20-13-4-1-10-22-17(13)15-6-7-16(26-25-15)24-12-19(8-3-9-19)18-14(21)5-2-11-23-18/h1-2,4-7,10-11H,3,8-9,12H2,(H,24,26). The van der Waals surface area contributed by atoms with Crippen molar-refractivity contribution in [3.63, 3.8) is 0 Å². The molecule has 3 aromatic heterocycles. The third kappa shape index (κ3) is 3.12. The zero-order valence-corrected chi connectivity index (χ0v) is 14.7. The number of rotatable bonds is 5. The minimum Gasteiger partial charge on any atom is -0.368 e. The summed E-state index contributed by atoms with van der Waals surface area (Å²) in [6, 6.07) is 10.3. The summed E-state index contributed by atoms with van der Waals surface area (Å²) in [6.07, 6.45) is 6.19. The van der Waals surface area contributed by atoms with E-state index in [-0.39, 0.29) is 11.2 Å². The Kier molecular flexibility index (Phi) is 4.51. The molecule has 0 spiro atoms. The summed E-state index contributed by atoms with van der Waals surface area (Å²) in [6.45, 7) is 0.569. The summed E-state index contributed by atoms with van der Waals surface area (Å²) >= 11 is 6.14. The van der Waals surface area contributed by atoms with E-state index in [2.05, 4.69) is 25.5 Å². The normalized spacial score (nSPS) is 15.3. The molecule has 26 heavy (non-hydrogen) atoms. The lowest BCUT2D eigenvalue weighted by atomic mass is 9.66. The second-order valence-electron chi connectivity index (χ2n) is 6.46. The van der Waals surface area contributed by atoms with Crippen molar-refractivity contribution < 1.29 is 4.39 Å². The van der Waals surface area contributed by atoms with Gasteiger partial charge in [0.2, 0.25) is 0 Å². The fourth-order valence-electron chi connectivity index (χ4n) is 3.26. The van der Waals surface area contributed by atoms with Crippen LogP contribution in [0.2, 0.25) is 5.02 Å². The molecule has 1 aliphatic carbocycles. The van der Waals surface area contributed by atoms with E-state index in [1.807, 2.05) is 12.1 Å². The summed E-state index contributed by atoms with van der Waals surface area (Å²) in [5.41, 5.74) is 1.45. The average molecular weight is 370 g/mol. The monoisotopic (exact) mass is 369 g/mol. The number of aromatic nitrogens is 4. The van der Waals surface area contributed by atoms with Crippen molar-refractivity contribution in [3.05, 3.63) is 65.3 Å². The van der Waals surface area contributed by atoms with Gasteiger partial charge in [0.05, 0.1) is 10.7 Å². The van der Waals surface area contributed by atoms with E-state index in [4.69, 9.17) is 11.6 Å². The number of hydrogen-bond donors (Lipinski definition) is 1. The summed E-state index contributed by atoms with van der Waals surface area (Å²) in [7, 11) is 0. The first-order valence-electron chi connectivity index (χ1n) is 8.47. The van der Waals surface area contributed by atoms with Crippen molar-refractivity contribution in [1.29, 1.82) is 0 Å². The van der Waals surface area contributed by atoms with Crippen molar-refractivity contribution in [1.82, 2.24) is 20.2 Å². The highest BCUT2D eigenvalue weighted by Gasteiger charge is 2.41. The molecule has 5 nitrogen and oxygen atoms in total. The van der Waals surface area contributed by atoms with Crippen LogP contribution in [0.5, 0.6) is 0 Å². The van der Waals surface area contributed by atoms with Gasteiger partial charge in [-0.3, -0.25) is 9.97 Å². The van der Waals surface area contributed by atoms with Gasteiger partial charge in [-0.1, -0.05) is 18.0 Å². The van der Waals surface area contributed by atoms with Crippen LogP contribution in [-0.2, 0) is 5.41 Å². The summed E-state index contributed by atoms with van der Waals surface area (Å²) in [5.74, 6) is 0.378. The third-order valence-electron chi connectivity index (χ3n) is 4.85. The maximum Gasteiger partial charge on any atom is 0.148 e. The molecule has 0 atom stereocenters. The predicted molar refractivity (Wildman–Crippen MR) is 98.5 cm³/mol. The molecule has 0 aromatic carbocycles. The van der Waals surface area contributed by atoms with Crippen LogP contribution in [0.25, 0.3) is 11.4 Å². The first-order valence-corrected chi connectivity index (χ1v) is 8.85. The minimum atomic E-state index is -0.282. The lowest BCUT2D eigenvalue weighted by molar-refractivity contribution is 0.243. The topological polar surface area (TPSA) is 63.6 Å². The lowest BCUT2D eigenvalue weighted by Gasteiger charge is -2.41. The van der Waals surface area contributed by atoms with Crippen LogP contribution in [0.3, 0.4) is 0 Å². The Labute approximate surface area is 155 Å². The Hall–Kier alpha value is -2.60. The molecule has 3 heterocycles. The van der Waals surface area contributed by atoms with Crippen LogP contribution in [0, 0.1) is 5.82 Å². The molecule has 0 saturated heterocycles. The van der Waals surface area contributed by atoms with Gasteiger partial charge in [-0.05, 0) is 49.2 Å². The molecule has 0 radical (unpaired) electrons. The van der Waals surface area contributed by atoms with E-state index >= 15 is 0 Å². The molecule has 0 amide bonds. The fraction of sp³-hybridized carbons (Fsp3) is 0.263. The molecular formula is C19H17ClFN5. The number of hydrogen-bond acceptors (Lipinski definition) is 5. The van der Waals surface area contributed by atoms with Crippen LogP contribution in [0.4, 0.5) is 10.2 Å². The minimum absolute atomic E-state index is 0.250. The van der Waals surface area contributed by atoms with Gasteiger partial charge in [0.15, 0.2) is 0 Å². The van der Waals surface area contributed by atoms with Gasteiger partial charge < -0.3 is 5.32 Å². The van der Waals surface area contributed by atoms with Crippen molar-refractivity contribution in [2.45, 2.75) is 24.7 Å². The zero-order chi connectivity index (χ0) is 18.0. The Balaban J connectivity index is 1.50. The number of pyridine rings is 2. The van der Waals surface area contributed by atoms with E-state index in [0.717, 1.165) is 19.3 Å². The predicted octanol–water partition coefficient (Wildman–Crippen LogP) is 4.26. The van der Waals surface area contributed by atoms with E-state index in [9.17, 15) is 4.39 Å². The highest BCUT2D eigenvalue weighted by molar-refractivity contribution is 6.32. The number of nitrogens with one attached hydrogen (secondary N) is 1. The second-order valence-corrected chi connectivity index (χ2v) is 6.87. The molecule has 132 valence electrons. The van der Waals surface area contributed by atoms with Crippen molar-refractivity contribution >= 4 is 17.4 Å². The van der Waals surface area contributed by atoms with Crippen LogP contribution in [-0.4, -0.2) is 26.7 Å². The first-order chi connectivity index (χ1) is 12.7. The zero-order valence-electron chi connectivity index (χ0n) is 14.0. The molecule has 1 saturated carbocycles. The van der Waals surface area contributed by atoms with Gasteiger partial charge in [-0.2, -0.15) is 0 Å². The molecule has 3 aromatic rings. The number of nitrogens with zero attached hydrogens (tertiary/aromatic N) is 4. The number of halogens is 2. The highest BCUT2D eigenvalue weighted by Crippen LogP contribution is 2.43. The largest absolute Gasteiger partial charge is 0.368 e. The third-order valence-corrected chi connectivity index (χ3v) is 5.15. The van der Waals surface area contributed by atoms with Gasteiger partial charge in [0.25, 0.3) is 0 Å². The van der Waals surface area contributed by atoms with Gasteiger partial charge in [-0.15, -0.1) is 10.2 Å². The average Bonchev–Trinajstić information content (AvgIpc) is 2.63. The summed E-state index contributed by atoms with van der Waals surface area (Å²) in [5, 5.41) is 12.2. The van der Waals surface area contributed by atoms with E-state index in [1.165, 1.54) is 6.07 Å². The molecule has 0 unspecified atom stereocenters. The molecule has 1 N–H and O–H groups in total. The molecule has 1 aliphatic rings. The lowest BCUT2D eigenvalue weighted by Crippen LogP contribution is -2.42. The molecule has 4 rings (SSSR count). The summed E-state index contributed by atoms with van der Waals surface area (Å²) < 4.78 is 14.2. The maximum atomic E-state index is 14.2. The Morgan fingerprint density at radius 2 is 1.85 bits per heavy atom. The van der Waals surface area contributed by atoms with E-state index in [1.54, 1.807) is 30.6 Å². The molecular weight excluding hydrogens is 353 g/mol. The van der Waals surface area contributed by atoms with Crippen LogP contribution in [0.15, 0.2) is 48.8 Å². The van der Waals surface area contributed by atoms with Crippen molar-refractivity contribution in [2.75, 3.05) is 11.9 Å². The Morgan fingerprint density at radius 1 is 1.04 bits per heavy atom. The second kappa shape index (κ2) is 6.96. The van der Waals surface area contributed by atoms with Gasteiger partial charge in [0, 0.05) is 24.4 Å². The fourth-order valence-corrected chi connectivity index (χ4v) is 3.48. The molecule has 1 fully saturated rings. The SMILES string of the molecule is Fc1cccnc1C1(CNc2ccc(-c3ncccc3Cl)nn2)CCC1. The van der Waals surface area contributed by atoms with Crippen molar-refractivity contribution in [3.8, 4) is 11.4 Å². The quantitative estimate of drug-likeness (QED) is 0.728. The van der Waals surface area contributed by atoms with Gasteiger partial charge in [-0.25, -0.2) is 4.39 Å². The van der Waals surface area contributed by atoms with Crippen molar-refractivity contribution in [2.24, 2.45) is 0 Å². The molecule has 0 bridgehead atoms. The Bertz CT molecular complexity index is 912. The highest BCUT2D eigenvalue weighted by atomic mass is 35.5. The van der Waals surface area contributed by atoms with Crippen LogP contribution < -0.4 is 5.32 Å². The van der Waals surface area contributed by atoms with Gasteiger partial charge in [0.1, 0.15) is 23.0 Å². The van der Waals surface area contributed by atoms with E-state index in [0.29, 0.717) is 34.5 Å².